The molecule has 0 radical (unpaired) electrons. The van der Waals surface area contributed by atoms with Gasteiger partial charge in [0.2, 0.25) is 5.75 Å². The second kappa shape index (κ2) is 6.03. The van der Waals surface area contributed by atoms with E-state index in [2.05, 4.69) is 5.10 Å². The summed E-state index contributed by atoms with van der Waals surface area (Å²) in [5.41, 5.74) is 3.70. The van der Waals surface area contributed by atoms with Gasteiger partial charge >= 0.3 is 0 Å². The molecule has 0 bridgehead atoms. The van der Waals surface area contributed by atoms with Gasteiger partial charge in [0.15, 0.2) is 28.2 Å². The van der Waals surface area contributed by atoms with Gasteiger partial charge in [0, 0.05) is 35.6 Å². The molecule has 0 aliphatic carbocycles. The van der Waals surface area contributed by atoms with Crippen LogP contribution in [0.2, 0.25) is 0 Å². The number of nitrogens with zero attached hydrogens (tertiary/aromatic N) is 2. The molecule has 146 valence electrons. The van der Waals surface area contributed by atoms with Crippen molar-refractivity contribution in [1.82, 2.24) is 14.8 Å². The standard InChI is InChI=1S/C21H17N3O5/c1-24-21-13(9-22-24)17(10-6-15(27-2)19(26)16(7-10)28-3)20-18(23-21)12-5-4-11(25)8-14(12)29-20/h4-9,22,26H,1-3H3. The second-order valence-electron chi connectivity index (χ2n) is 6.72. The number of aromatic amines is 1. The van der Waals surface area contributed by atoms with Crippen molar-refractivity contribution < 1.29 is 19.0 Å². The minimum absolute atomic E-state index is 0.0829. The third-order valence-electron chi connectivity index (χ3n) is 5.08. The van der Waals surface area contributed by atoms with Gasteiger partial charge in [-0.25, -0.2) is 4.98 Å². The van der Waals surface area contributed by atoms with Crippen LogP contribution in [0.25, 0.3) is 44.2 Å². The van der Waals surface area contributed by atoms with Gasteiger partial charge < -0.3 is 24.1 Å². The van der Waals surface area contributed by atoms with E-state index in [1.54, 1.807) is 22.9 Å². The summed E-state index contributed by atoms with van der Waals surface area (Å²) in [7, 11) is 4.81. The van der Waals surface area contributed by atoms with Crippen molar-refractivity contribution in [2.24, 2.45) is 7.05 Å². The van der Waals surface area contributed by atoms with Crippen LogP contribution in [0.3, 0.4) is 0 Å². The molecule has 0 saturated heterocycles. The highest BCUT2D eigenvalue weighted by molar-refractivity contribution is 6.14. The fraction of sp³-hybridized carbons (Fsp3) is 0.143. The summed E-state index contributed by atoms with van der Waals surface area (Å²) in [5.74, 6) is 0.464. The normalized spacial score (nSPS) is 11.6. The van der Waals surface area contributed by atoms with Crippen LogP contribution in [0.1, 0.15) is 0 Å². The highest BCUT2D eigenvalue weighted by Gasteiger charge is 2.22. The summed E-state index contributed by atoms with van der Waals surface area (Å²) in [6.07, 6.45) is 1.83. The third kappa shape index (κ3) is 2.39. The van der Waals surface area contributed by atoms with E-state index in [9.17, 15) is 9.90 Å². The summed E-state index contributed by atoms with van der Waals surface area (Å²) >= 11 is 0. The van der Waals surface area contributed by atoms with Gasteiger partial charge in [-0.3, -0.25) is 9.48 Å². The first-order valence-electron chi connectivity index (χ1n) is 8.87. The van der Waals surface area contributed by atoms with Crippen molar-refractivity contribution >= 4 is 33.1 Å². The number of phenols is 1. The Balaban J connectivity index is 1.98. The number of aromatic nitrogens is 3. The van der Waals surface area contributed by atoms with Gasteiger partial charge in [-0.05, 0) is 29.8 Å². The van der Waals surface area contributed by atoms with Crippen LogP contribution in [0, 0.1) is 0 Å². The van der Waals surface area contributed by atoms with Gasteiger partial charge in [-0.2, -0.15) is 0 Å². The lowest BCUT2D eigenvalue weighted by atomic mass is 10.0. The van der Waals surface area contributed by atoms with E-state index in [4.69, 9.17) is 18.9 Å². The molecule has 0 aliphatic heterocycles. The maximum absolute atomic E-state index is 11.8. The molecule has 8 nitrogen and oxygen atoms in total. The van der Waals surface area contributed by atoms with Crippen LogP contribution in [-0.2, 0) is 7.05 Å². The van der Waals surface area contributed by atoms with Crippen LogP contribution >= 0.6 is 0 Å². The van der Waals surface area contributed by atoms with E-state index >= 15 is 0 Å². The maximum Gasteiger partial charge on any atom is 0.200 e. The number of hydrogen-bond acceptors (Lipinski definition) is 6. The molecular formula is C21H17N3O5. The van der Waals surface area contributed by atoms with E-state index in [0.29, 0.717) is 22.3 Å². The van der Waals surface area contributed by atoms with Gasteiger partial charge in [0.25, 0.3) is 0 Å². The average Bonchev–Trinajstić information content (AvgIpc) is 3.26. The number of benzene rings is 2. The average molecular weight is 391 g/mol. The zero-order chi connectivity index (χ0) is 20.3. The van der Waals surface area contributed by atoms with Gasteiger partial charge in [-0.15, -0.1) is 0 Å². The Kier molecular flexibility index (Phi) is 3.57. The highest BCUT2D eigenvalue weighted by Crippen LogP contribution is 2.45. The number of H-pyrrole nitrogens is 1. The van der Waals surface area contributed by atoms with E-state index in [1.165, 1.54) is 26.4 Å². The molecule has 5 rings (SSSR count). The SMILES string of the molecule is COc1cc(-c2c3c[nH]n(C)c3nc3c2oc2cc(=O)ccc23)cc(OC)c1O. The molecule has 2 aromatic carbocycles. The molecule has 2 N–H and O–H groups in total. The minimum atomic E-state index is -0.135. The van der Waals surface area contributed by atoms with Gasteiger partial charge in [-0.1, -0.05) is 0 Å². The molecule has 0 amide bonds. The molecule has 5 aromatic rings. The Bertz CT molecular complexity index is 1450. The Morgan fingerprint density at radius 2 is 1.83 bits per heavy atom. The number of aryl methyl sites for hydroxylation is 1. The topological polar surface area (TPSA) is 103 Å². The van der Waals surface area contributed by atoms with Crippen molar-refractivity contribution in [3.8, 4) is 28.4 Å². The molecule has 0 spiro atoms. The number of nitrogens with one attached hydrogen (secondary N) is 1. The molecule has 0 fully saturated rings. The predicted molar refractivity (Wildman–Crippen MR) is 109 cm³/mol. The quantitative estimate of drug-likeness (QED) is 0.488. The zero-order valence-corrected chi connectivity index (χ0v) is 15.9. The monoisotopic (exact) mass is 391 g/mol. The minimum Gasteiger partial charge on any atom is -0.502 e. The molecule has 3 heterocycles. The van der Waals surface area contributed by atoms with Crippen molar-refractivity contribution in [3.05, 3.63) is 46.8 Å². The fourth-order valence-corrected chi connectivity index (χ4v) is 3.68. The molecule has 0 atom stereocenters. The first kappa shape index (κ1) is 17.2. The van der Waals surface area contributed by atoms with Gasteiger partial charge in [0.05, 0.1) is 14.2 Å². The van der Waals surface area contributed by atoms with E-state index in [1.807, 2.05) is 13.2 Å². The molecule has 0 unspecified atom stereocenters. The number of methoxy groups -OCH3 is 2. The first-order chi connectivity index (χ1) is 14.0. The van der Waals surface area contributed by atoms with Crippen molar-refractivity contribution in [1.29, 1.82) is 0 Å². The van der Waals surface area contributed by atoms with Crippen LogP contribution < -0.4 is 14.9 Å². The number of rotatable bonds is 3. The predicted octanol–water partition coefficient (Wildman–Crippen LogP) is 3.55. The summed E-state index contributed by atoms with van der Waals surface area (Å²) in [6.45, 7) is 0. The molecule has 0 saturated carbocycles. The molecule has 8 heteroatoms. The summed E-state index contributed by atoms with van der Waals surface area (Å²) in [4.78, 5) is 16.6. The molecule has 3 aromatic heterocycles. The Morgan fingerprint density at radius 1 is 1.10 bits per heavy atom. The number of aromatic hydroxyl groups is 1. The Morgan fingerprint density at radius 3 is 2.52 bits per heavy atom. The number of ether oxygens (including phenoxy) is 2. The lowest BCUT2D eigenvalue weighted by molar-refractivity contribution is 0.340. The summed E-state index contributed by atoms with van der Waals surface area (Å²) in [6, 6.07) is 8.09. The van der Waals surface area contributed by atoms with Crippen molar-refractivity contribution in [2.45, 2.75) is 0 Å². The largest absolute Gasteiger partial charge is 0.502 e. The maximum atomic E-state index is 11.8. The van der Waals surface area contributed by atoms with Crippen LogP contribution in [0.5, 0.6) is 17.2 Å². The molecule has 29 heavy (non-hydrogen) atoms. The van der Waals surface area contributed by atoms with Gasteiger partial charge in [0.1, 0.15) is 11.1 Å². The lowest BCUT2D eigenvalue weighted by Crippen LogP contribution is -1.94. The third-order valence-corrected chi connectivity index (χ3v) is 5.08. The van der Waals surface area contributed by atoms with E-state index in [-0.39, 0.29) is 22.7 Å². The van der Waals surface area contributed by atoms with Crippen LogP contribution in [0.15, 0.2) is 45.7 Å². The second-order valence-corrected chi connectivity index (χ2v) is 6.72. The molecule has 0 aliphatic rings. The van der Waals surface area contributed by atoms with Crippen LogP contribution in [0.4, 0.5) is 0 Å². The zero-order valence-electron chi connectivity index (χ0n) is 15.9. The van der Waals surface area contributed by atoms with E-state index < -0.39 is 0 Å². The summed E-state index contributed by atoms with van der Waals surface area (Å²) < 4.78 is 18.5. The van der Waals surface area contributed by atoms with Crippen molar-refractivity contribution in [3.63, 3.8) is 0 Å². The van der Waals surface area contributed by atoms with Crippen molar-refractivity contribution in [2.75, 3.05) is 14.2 Å². The highest BCUT2D eigenvalue weighted by atomic mass is 16.5. The smallest absolute Gasteiger partial charge is 0.200 e. The molecular weight excluding hydrogens is 374 g/mol. The number of hydrogen-bond donors (Lipinski definition) is 2. The lowest BCUT2D eigenvalue weighted by Gasteiger charge is -2.12. The first-order valence-corrected chi connectivity index (χ1v) is 8.87. The number of fused-ring (bicyclic) bond motifs is 4. The van der Waals surface area contributed by atoms with E-state index in [0.717, 1.165) is 21.9 Å². The summed E-state index contributed by atoms with van der Waals surface area (Å²) in [5, 5.41) is 15.0. The number of pyridine rings is 1. The Labute approximate surface area is 163 Å². The number of phenolic OH excluding ortho intramolecular Hbond substituents is 1. The number of furan rings is 1. The fourth-order valence-electron chi connectivity index (χ4n) is 3.68. The Hall–Kier alpha value is -3.94. The van der Waals surface area contributed by atoms with Crippen LogP contribution in [-0.4, -0.2) is 34.1 Å².